The van der Waals surface area contributed by atoms with Crippen molar-refractivity contribution in [2.24, 2.45) is 29.1 Å². The Labute approximate surface area is 361 Å². The molecule has 2 N–H and O–H groups in total. The van der Waals surface area contributed by atoms with Crippen molar-refractivity contribution in [3.05, 3.63) is 52.1 Å². The van der Waals surface area contributed by atoms with E-state index in [9.17, 15) is 14.4 Å². The number of nitrogens with one attached hydrogen (secondary N) is 2. The van der Waals surface area contributed by atoms with E-state index in [1.54, 1.807) is 17.0 Å². The van der Waals surface area contributed by atoms with E-state index in [-0.39, 0.29) is 66.6 Å². The van der Waals surface area contributed by atoms with E-state index in [1.807, 2.05) is 18.5 Å². The third-order valence-electron chi connectivity index (χ3n) is 14.0. The van der Waals surface area contributed by atoms with Crippen LogP contribution in [-0.2, 0) is 43.2 Å². The second-order valence-corrected chi connectivity index (χ2v) is 19.5. The van der Waals surface area contributed by atoms with E-state index in [1.165, 1.54) is 11.3 Å². The first-order valence-corrected chi connectivity index (χ1v) is 22.5. The molecule has 2 aliphatic carbocycles. The number of fused-ring (bicyclic) bond motifs is 4. The van der Waals surface area contributed by atoms with Gasteiger partial charge in [0.25, 0.3) is 5.91 Å². The van der Waals surface area contributed by atoms with E-state index in [4.69, 9.17) is 23.6 Å². The lowest BCUT2D eigenvalue weighted by molar-refractivity contribution is -0.171. The number of benzene rings is 1. The SMILES string of the molecule is [2H]C([2H])([2H])N1CCN(c2cnc([C@H](C)OC)c(-c3c4c5cc(ccc5n3CC)-c3csc(n3)C[C@H](NC(=O)C3[C@@H](C)[C@H]3C)C(=O)N3N[C@H](C(=O)OCC(C)(C)C4)C4CC3C4)c2)CC1. The lowest BCUT2D eigenvalue weighted by Gasteiger charge is -2.53. The summed E-state index contributed by atoms with van der Waals surface area (Å²) >= 11 is 1.47. The van der Waals surface area contributed by atoms with Gasteiger partial charge >= 0.3 is 5.97 Å². The van der Waals surface area contributed by atoms with Gasteiger partial charge in [-0.15, -0.1) is 11.3 Å². The number of amides is 2. The van der Waals surface area contributed by atoms with Gasteiger partial charge in [-0.3, -0.25) is 24.4 Å². The standard InChI is InChI=1S/C46H60N8O5S/c1-9-53-37-11-10-28-18-32(37)34(42(53)33-19-31(22-47-40(33)27(4)58-8)52-14-12-51(7)13-15-52)21-46(5,6)24-59-45(57)41-29-16-30(17-29)54(50-41)44(56)35(20-38-48-36(28)23-60-38)49-43(55)39-25(2)26(39)3/h10-11,18-19,22-23,25-27,29-30,35,39,41,50H,9,12-17,20-21,24H2,1-8H3,(H,49,55)/t25-,26+,27-,29?,30?,35-,39?,41-/m0/s1/i7D3. The minimum atomic E-state index is -2.14. The summed E-state index contributed by atoms with van der Waals surface area (Å²) in [5.74, 6) is -0.366. The number of methoxy groups -OCH3 is 1. The fourth-order valence-corrected chi connectivity index (χ4v) is 10.8. The molecule has 0 radical (unpaired) electrons. The van der Waals surface area contributed by atoms with Crippen LogP contribution in [0.5, 0.6) is 0 Å². The number of hydrazine groups is 1. The first-order chi connectivity index (χ1) is 30.0. The highest BCUT2D eigenvalue weighted by atomic mass is 32.1. The molecule has 6 atom stereocenters. The number of hydrogen-bond donors (Lipinski definition) is 2. The molecule has 1 aromatic carbocycles. The third kappa shape index (κ3) is 7.41. The fourth-order valence-electron chi connectivity index (χ4n) is 9.96. The van der Waals surface area contributed by atoms with E-state index in [0.717, 1.165) is 55.4 Å². The highest BCUT2D eigenvalue weighted by Crippen LogP contribution is 2.46. The molecule has 320 valence electrons. The lowest BCUT2D eigenvalue weighted by atomic mass is 9.73. The number of hydrogen-bond acceptors (Lipinski definition) is 11. The van der Waals surface area contributed by atoms with Crippen molar-refractivity contribution in [3.63, 3.8) is 0 Å². The molecular weight excluding hydrogens is 777 g/mol. The van der Waals surface area contributed by atoms with E-state index in [2.05, 4.69) is 79.1 Å². The molecule has 6 aliphatic rings. The minimum absolute atomic E-state index is 0.0490. The molecule has 3 aromatic heterocycles. The van der Waals surface area contributed by atoms with Crippen molar-refractivity contribution < 1.29 is 28.0 Å². The van der Waals surface area contributed by atoms with Crippen LogP contribution in [0.2, 0.25) is 0 Å². The van der Waals surface area contributed by atoms with Crippen LogP contribution in [0.25, 0.3) is 33.4 Å². The van der Waals surface area contributed by atoms with E-state index in [0.29, 0.717) is 52.0 Å². The summed E-state index contributed by atoms with van der Waals surface area (Å²) in [5, 5.41) is 8.50. The van der Waals surface area contributed by atoms with Gasteiger partial charge in [0.15, 0.2) is 0 Å². The average Bonchev–Trinajstić information content (AvgIpc) is 3.51. The van der Waals surface area contributed by atoms with Crippen LogP contribution in [0.1, 0.15) is 80.9 Å². The number of likely N-dealkylation sites (N-methyl/N-ethyl adjacent to an activating group) is 1. The summed E-state index contributed by atoms with van der Waals surface area (Å²) in [4.78, 5) is 56.0. The number of carbonyl (C=O) groups is 3. The molecule has 1 unspecified atom stereocenters. The fraction of sp³-hybridized carbons (Fsp3) is 0.587. The number of ether oxygens (including phenoxy) is 2. The lowest BCUT2D eigenvalue weighted by Crippen LogP contribution is -2.71. The maximum atomic E-state index is 14.5. The number of piperazine rings is 1. The second-order valence-electron chi connectivity index (χ2n) is 18.6. The van der Waals surface area contributed by atoms with Gasteiger partial charge in [-0.2, -0.15) is 0 Å². The molecule has 0 spiro atoms. The van der Waals surface area contributed by atoms with Crippen molar-refractivity contribution in [1.82, 2.24) is 35.2 Å². The number of rotatable bonds is 7. The summed E-state index contributed by atoms with van der Waals surface area (Å²) in [6.07, 6.45) is 3.69. The number of pyridine rings is 1. The highest BCUT2D eigenvalue weighted by Gasteiger charge is 2.53. The molecule has 4 aliphatic heterocycles. The van der Waals surface area contributed by atoms with Crippen LogP contribution in [0.3, 0.4) is 0 Å². The third-order valence-corrected chi connectivity index (χ3v) is 14.9. The summed E-state index contributed by atoms with van der Waals surface area (Å²) in [5.41, 5.74) is 10.2. The van der Waals surface area contributed by atoms with Crippen molar-refractivity contribution in [1.29, 1.82) is 0 Å². The van der Waals surface area contributed by atoms with Gasteiger partial charge in [0.1, 0.15) is 12.1 Å². The predicted molar refractivity (Wildman–Crippen MR) is 233 cm³/mol. The number of aryl methyl sites for hydroxylation is 1. The molecule has 5 fully saturated rings. The molecule has 2 saturated carbocycles. The Morgan fingerprint density at radius 2 is 1.92 bits per heavy atom. The Morgan fingerprint density at radius 1 is 1.15 bits per heavy atom. The zero-order chi connectivity index (χ0) is 44.7. The Kier molecular flexibility index (Phi) is 9.87. The van der Waals surface area contributed by atoms with E-state index < -0.39 is 24.5 Å². The summed E-state index contributed by atoms with van der Waals surface area (Å²) in [7, 11) is 1.68. The van der Waals surface area contributed by atoms with Gasteiger partial charge in [-0.1, -0.05) is 33.8 Å². The summed E-state index contributed by atoms with van der Waals surface area (Å²) in [6.45, 7) is 13.1. The molecule has 10 rings (SSSR count). The molecule has 3 saturated heterocycles. The summed E-state index contributed by atoms with van der Waals surface area (Å²) in [6, 6.07) is 7.00. The molecule has 7 heterocycles. The predicted octanol–water partition coefficient (Wildman–Crippen LogP) is 5.85. The van der Waals surface area contributed by atoms with Crippen LogP contribution in [-0.4, -0.2) is 107 Å². The zero-order valence-electron chi connectivity index (χ0n) is 38.8. The Balaban J connectivity index is 1.15. The molecular formula is C46H60N8O5S. The molecule has 14 heteroatoms. The van der Waals surface area contributed by atoms with Crippen LogP contribution in [0.4, 0.5) is 5.69 Å². The number of esters is 1. The van der Waals surface area contributed by atoms with Crippen LogP contribution in [0, 0.1) is 29.1 Å². The Bertz CT molecular complexity index is 2410. The van der Waals surface area contributed by atoms with Gasteiger partial charge in [-0.25, -0.2) is 10.4 Å². The maximum Gasteiger partial charge on any atom is 0.325 e. The molecule has 60 heavy (non-hydrogen) atoms. The summed E-state index contributed by atoms with van der Waals surface area (Å²) < 4.78 is 38.4. The first-order valence-electron chi connectivity index (χ1n) is 23.2. The van der Waals surface area contributed by atoms with Crippen LogP contribution in [0.15, 0.2) is 35.8 Å². The molecule has 13 nitrogen and oxygen atoms in total. The minimum Gasteiger partial charge on any atom is -0.464 e. The normalized spacial score (nSPS) is 29.4. The van der Waals surface area contributed by atoms with Crippen LogP contribution < -0.4 is 15.6 Å². The van der Waals surface area contributed by atoms with Crippen molar-refractivity contribution in [2.75, 3.05) is 51.8 Å². The van der Waals surface area contributed by atoms with E-state index >= 15 is 0 Å². The van der Waals surface area contributed by atoms with Gasteiger partial charge in [-0.05, 0) is 81.6 Å². The van der Waals surface area contributed by atoms with Gasteiger partial charge in [0.2, 0.25) is 5.91 Å². The van der Waals surface area contributed by atoms with Gasteiger partial charge in [0, 0.05) is 95.2 Å². The number of aromatic nitrogens is 3. The number of thiazole rings is 1. The number of cyclic esters (lactones) is 1. The first kappa shape index (κ1) is 37.4. The van der Waals surface area contributed by atoms with Crippen molar-refractivity contribution in [3.8, 4) is 22.5 Å². The maximum absolute atomic E-state index is 14.5. The quantitative estimate of drug-likeness (QED) is 0.218. The molecule has 4 aromatic rings. The number of anilines is 1. The van der Waals surface area contributed by atoms with Gasteiger partial charge in [0.05, 0.1) is 46.7 Å². The van der Waals surface area contributed by atoms with Crippen LogP contribution >= 0.6 is 11.3 Å². The molecule has 8 bridgehead atoms. The van der Waals surface area contributed by atoms with Gasteiger partial charge < -0.3 is 29.2 Å². The topological polar surface area (TPSA) is 134 Å². The smallest absolute Gasteiger partial charge is 0.325 e. The average molecular weight is 840 g/mol. The monoisotopic (exact) mass is 839 g/mol. The number of nitrogens with zero attached hydrogens (tertiary/aromatic N) is 6. The molecule has 2 amide bonds. The largest absolute Gasteiger partial charge is 0.464 e. The highest BCUT2D eigenvalue weighted by molar-refractivity contribution is 7.10. The van der Waals surface area contributed by atoms with Crippen molar-refractivity contribution >= 4 is 45.7 Å². The van der Waals surface area contributed by atoms with Crippen molar-refractivity contribution in [2.45, 2.75) is 98.0 Å². The Hall–Kier alpha value is -4.37. The Morgan fingerprint density at radius 3 is 2.62 bits per heavy atom. The second kappa shape index (κ2) is 15.8. The number of carbonyl (C=O) groups excluding carboxylic acids is 3. The zero-order valence-corrected chi connectivity index (χ0v) is 36.6.